The number of carbonyl (C=O) groups is 2. The Morgan fingerprint density at radius 2 is 1.93 bits per heavy atom. The van der Waals surface area contributed by atoms with E-state index in [0.29, 0.717) is 34.1 Å². The highest BCUT2D eigenvalue weighted by molar-refractivity contribution is 6.36. The third-order valence-electron chi connectivity index (χ3n) is 4.55. The highest BCUT2D eigenvalue weighted by Gasteiger charge is 2.28. The molecule has 0 atom stereocenters. The largest absolute Gasteiger partial charge is 0.301 e. The van der Waals surface area contributed by atoms with Crippen LogP contribution in [0.25, 0.3) is 0 Å². The predicted molar refractivity (Wildman–Crippen MR) is 113 cm³/mol. The van der Waals surface area contributed by atoms with Gasteiger partial charge in [0.2, 0.25) is 5.91 Å². The molecule has 1 amide bonds. The second-order valence-electron chi connectivity index (χ2n) is 6.62. The average molecular weight is 418 g/mol. The first-order valence-corrected chi connectivity index (χ1v) is 10.0. The van der Waals surface area contributed by atoms with Crippen molar-refractivity contribution in [3.05, 3.63) is 57.8 Å². The predicted octanol–water partition coefficient (Wildman–Crippen LogP) is 4.72. The molecular formula is C21H21Cl2N3O2. The van der Waals surface area contributed by atoms with Gasteiger partial charge in [-0.2, -0.15) is 0 Å². The van der Waals surface area contributed by atoms with Gasteiger partial charge in [0.25, 0.3) is 0 Å². The van der Waals surface area contributed by atoms with E-state index in [1.54, 1.807) is 18.2 Å². The molecule has 0 spiro atoms. The van der Waals surface area contributed by atoms with Crippen LogP contribution in [-0.4, -0.2) is 35.5 Å². The second-order valence-corrected chi connectivity index (χ2v) is 7.42. The number of nitrogens with zero attached hydrogens (tertiary/aromatic N) is 3. The van der Waals surface area contributed by atoms with Gasteiger partial charge >= 0.3 is 0 Å². The molecule has 0 unspecified atom stereocenters. The molecule has 7 heteroatoms. The maximum absolute atomic E-state index is 12.8. The van der Waals surface area contributed by atoms with E-state index in [0.717, 1.165) is 19.3 Å². The number of aromatic nitrogens is 1. The Bertz CT molecular complexity index is 928. The van der Waals surface area contributed by atoms with E-state index >= 15 is 0 Å². The fourth-order valence-electron chi connectivity index (χ4n) is 3.13. The van der Waals surface area contributed by atoms with Crippen LogP contribution in [0.5, 0.6) is 0 Å². The standard InChI is InChI=1S/C21H21Cl2N3O2/c1-2-3-4-7-14(27)13-26-17-10-11-18(23)25-21(17)20(24-12-19(26)28)15-8-5-6-9-16(15)22/h5-6,8-11H,2-4,7,12-13H2,1H3. The minimum atomic E-state index is -0.253. The number of aliphatic imine (C=N–C) groups is 1. The Morgan fingerprint density at radius 3 is 2.68 bits per heavy atom. The topological polar surface area (TPSA) is 62.6 Å². The molecule has 3 rings (SSSR count). The van der Waals surface area contributed by atoms with E-state index in [1.807, 2.05) is 18.2 Å². The van der Waals surface area contributed by atoms with Crippen molar-refractivity contribution in [3.8, 4) is 0 Å². The molecule has 2 heterocycles. The third kappa shape index (κ3) is 4.59. The number of Topliss-reactive ketones (excluding diaryl/α,β-unsaturated/α-hetero) is 1. The van der Waals surface area contributed by atoms with E-state index in [1.165, 1.54) is 4.90 Å². The summed E-state index contributed by atoms with van der Waals surface area (Å²) >= 11 is 12.5. The van der Waals surface area contributed by atoms with Crippen LogP contribution in [-0.2, 0) is 9.59 Å². The molecule has 0 radical (unpaired) electrons. The molecule has 28 heavy (non-hydrogen) atoms. The Balaban J connectivity index is 1.99. The number of ketones is 1. The van der Waals surface area contributed by atoms with Crippen molar-refractivity contribution >= 4 is 46.3 Å². The maximum Gasteiger partial charge on any atom is 0.249 e. The number of hydrogen-bond acceptors (Lipinski definition) is 4. The molecule has 1 aliphatic rings. The molecule has 2 aromatic rings. The molecule has 0 saturated heterocycles. The fourth-order valence-corrected chi connectivity index (χ4v) is 3.50. The zero-order valence-corrected chi connectivity index (χ0v) is 17.1. The maximum atomic E-state index is 12.8. The van der Waals surface area contributed by atoms with Crippen molar-refractivity contribution in [1.82, 2.24) is 4.98 Å². The van der Waals surface area contributed by atoms with Crippen LogP contribution in [0.4, 0.5) is 5.69 Å². The van der Waals surface area contributed by atoms with Crippen molar-refractivity contribution in [2.75, 3.05) is 18.0 Å². The Kier molecular flexibility index (Phi) is 6.81. The summed E-state index contributed by atoms with van der Waals surface area (Å²) in [6, 6.07) is 10.6. The van der Waals surface area contributed by atoms with E-state index in [9.17, 15) is 9.59 Å². The molecule has 0 fully saturated rings. The number of fused-ring (bicyclic) bond motifs is 1. The number of anilines is 1. The lowest BCUT2D eigenvalue weighted by Crippen LogP contribution is -2.37. The highest BCUT2D eigenvalue weighted by atomic mass is 35.5. The number of rotatable bonds is 7. The zero-order valence-electron chi connectivity index (χ0n) is 15.6. The summed E-state index contributed by atoms with van der Waals surface area (Å²) in [7, 11) is 0. The van der Waals surface area contributed by atoms with Gasteiger partial charge in [-0.1, -0.05) is 61.2 Å². The van der Waals surface area contributed by atoms with Gasteiger partial charge in [0.15, 0.2) is 5.78 Å². The normalized spacial score (nSPS) is 13.8. The monoisotopic (exact) mass is 417 g/mol. The highest BCUT2D eigenvalue weighted by Crippen LogP contribution is 2.29. The minimum Gasteiger partial charge on any atom is -0.301 e. The Hall–Kier alpha value is -2.24. The van der Waals surface area contributed by atoms with Gasteiger partial charge < -0.3 is 4.90 Å². The SMILES string of the molecule is CCCCCC(=O)CN1C(=O)CN=C(c2ccccc2Cl)c2nc(Cl)ccc21. The van der Waals surface area contributed by atoms with Crippen LogP contribution in [0.15, 0.2) is 41.4 Å². The molecule has 1 aromatic carbocycles. The average Bonchev–Trinajstić information content (AvgIpc) is 2.80. The molecule has 146 valence electrons. The molecule has 0 aliphatic carbocycles. The zero-order chi connectivity index (χ0) is 20.1. The van der Waals surface area contributed by atoms with Crippen molar-refractivity contribution in [2.24, 2.45) is 4.99 Å². The molecule has 1 aliphatic heterocycles. The second kappa shape index (κ2) is 9.30. The molecular weight excluding hydrogens is 397 g/mol. The smallest absolute Gasteiger partial charge is 0.249 e. The van der Waals surface area contributed by atoms with E-state index in [2.05, 4.69) is 16.9 Å². The summed E-state index contributed by atoms with van der Waals surface area (Å²) in [5, 5.41) is 0.785. The molecule has 0 bridgehead atoms. The number of pyridine rings is 1. The van der Waals surface area contributed by atoms with Crippen LogP contribution >= 0.6 is 23.2 Å². The van der Waals surface area contributed by atoms with Crippen LogP contribution in [0.2, 0.25) is 10.2 Å². The first-order valence-electron chi connectivity index (χ1n) is 9.29. The van der Waals surface area contributed by atoms with Gasteiger partial charge in [0.1, 0.15) is 17.4 Å². The van der Waals surface area contributed by atoms with Crippen LogP contribution in [0, 0.1) is 0 Å². The van der Waals surface area contributed by atoms with Gasteiger partial charge in [-0.15, -0.1) is 0 Å². The quantitative estimate of drug-likeness (QED) is 0.483. The van der Waals surface area contributed by atoms with Crippen molar-refractivity contribution < 1.29 is 9.59 Å². The van der Waals surface area contributed by atoms with Gasteiger partial charge in [0, 0.05) is 12.0 Å². The van der Waals surface area contributed by atoms with Gasteiger partial charge in [0.05, 0.1) is 23.0 Å². The number of benzene rings is 1. The fraction of sp³-hybridized carbons (Fsp3) is 0.333. The number of carbonyl (C=O) groups excluding carboxylic acids is 2. The third-order valence-corrected chi connectivity index (χ3v) is 5.09. The van der Waals surface area contributed by atoms with Gasteiger partial charge in [-0.25, -0.2) is 4.98 Å². The first-order chi connectivity index (χ1) is 13.5. The van der Waals surface area contributed by atoms with Crippen LogP contribution in [0.3, 0.4) is 0 Å². The van der Waals surface area contributed by atoms with Crippen LogP contribution < -0.4 is 4.90 Å². The summed E-state index contributed by atoms with van der Waals surface area (Å²) in [5.74, 6) is -0.236. The minimum absolute atomic E-state index is 0.00415. The van der Waals surface area contributed by atoms with Gasteiger partial charge in [-0.05, 0) is 24.6 Å². The lowest BCUT2D eigenvalue weighted by Gasteiger charge is -2.22. The summed E-state index contributed by atoms with van der Waals surface area (Å²) < 4.78 is 0. The summed E-state index contributed by atoms with van der Waals surface area (Å²) in [6.45, 7) is 2.00. The Morgan fingerprint density at radius 1 is 1.14 bits per heavy atom. The summed E-state index contributed by atoms with van der Waals surface area (Å²) in [4.78, 5) is 35.5. The van der Waals surface area contributed by atoms with E-state index in [-0.39, 0.29) is 29.9 Å². The van der Waals surface area contributed by atoms with Crippen LogP contribution in [0.1, 0.15) is 43.9 Å². The number of unbranched alkanes of at least 4 members (excludes halogenated alkanes) is 2. The first kappa shape index (κ1) is 20.5. The lowest BCUT2D eigenvalue weighted by atomic mass is 10.0. The van der Waals surface area contributed by atoms with E-state index < -0.39 is 0 Å². The van der Waals surface area contributed by atoms with Crippen molar-refractivity contribution in [2.45, 2.75) is 32.6 Å². The summed E-state index contributed by atoms with van der Waals surface area (Å²) in [5.41, 5.74) is 2.14. The summed E-state index contributed by atoms with van der Waals surface area (Å²) in [6.07, 6.45) is 3.31. The Labute approximate surface area is 174 Å². The van der Waals surface area contributed by atoms with Crippen molar-refractivity contribution in [1.29, 1.82) is 0 Å². The van der Waals surface area contributed by atoms with E-state index in [4.69, 9.17) is 23.2 Å². The number of hydrogen-bond donors (Lipinski definition) is 0. The molecule has 0 saturated carbocycles. The lowest BCUT2D eigenvalue weighted by molar-refractivity contribution is -0.122. The van der Waals surface area contributed by atoms with Gasteiger partial charge in [-0.3, -0.25) is 14.6 Å². The number of amides is 1. The molecule has 0 N–H and O–H groups in total. The molecule has 1 aromatic heterocycles. The van der Waals surface area contributed by atoms with Crippen molar-refractivity contribution in [3.63, 3.8) is 0 Å². The molecule has 5 nitrogen and oxygen atoms in total. The number of halogens is 2.